The van der Waals surface area contributed by atoms with Gasteiger partial charge in [0.1, 0.15) is 0 Å². The summed E-state index contributed by atoms with van der Waals surface area (Å²) in [5.41, 5.74) is 4.59. The smallest absolute Gasteiger partial charge is 0.213 e. The molecule has 110 valence electrons. The van der Waals surface area contributed by atoms with E-state index in [1.54, 1.807) is 0 Å². The van der Waals surface area contributed by atoms with Gasteiger partial charge in [-0.3, -0.25) is 5.84 Å². The molecule has 6 nitrogen and oxygen atoms in total. The number of ether oxygens (including phenoxy) is 1. The average molecular weight is 297 g/mol. The van der Waals surface area contributed by atoms with Crippen LogP contribution in [0.2, 0.25) is 0 Å². The number of rotatable bonds is 4. The predicted octanol–water partition coefficient (Wildman–Crippen LogP) is -0.822. The topological polar surface area (TPSA) is 84.4 Å². The second kappa shape index (κ2) is 7.39. The van der Waals surface area contributed by atoms with Crippen molar-refractivity contribution in [3.8, 4) is 0 Å². The van der Waals surface area contributed by atoms with Gasteiger partial charge in [0, 0.05) is 25.3 Å². The van der Waals surface area contributed by atoms with Crippen LogP contribution in [0.1, 0.15) is 11.7 Å². The molecule has 1 saturated heterocycles. The highest BCUT2D eigenvalue weighted by molar-refractivity contribution is 7.80. The lowest BCUT2D eigenvalue weighted by Crippen LogP contribution is -2.69. The van der Waals surface area contributed by atoms with Crippen LogP contribution in [-0.2, 0) is 4.74 Å². The van der Waals surface area contributed by atoms with Gasteiger partial charge in [0.05, 0.1) is 19.3 Å². The average Bonchev–Trinajstić information content (AvgIpc) is 2.53. The maximum atomic E-state index is 10.1. The second-order valence-electron chi connectivity index (χ2n) is 4.59. The summed E-state index contributed by atoms with van der Waals surface area (Å²) in [5.74, 6) is 3.45. The Bertz CT molecular complexity index is 435. The van der Waals surface area contributed by atoms with Gasteiger partial charge in [0.25, 0.3) is 0 Å². The van der Waals surface area contributed by atoms with E-state index >= 15 is 0 Å². The minimum Gasteiger partial charge on any atom is -0.387 e. The Hall–Kier alpha value is -1.41. The van der Waals surface area contributed by atoms with E-state index in [9.17, 15) is 5.11 Å². The van der Waals surface area contributed by atoms with Crippen LogP contribution in [0.3, 0.4) is 0 Å². The highest BCUT2D eigenvalue weighted by Crippen LogP contribution is 2.19. The van der Waals surface area contributed by atoms with Crippen LogP contribution < -0.4 is 21.5 Å². The van der Waals surface area contributed by atoms with Gasteiger partial charge in [-0.15, -0.1) is 0 Å². The molecule has 1 atom stereocenters. The van der Waals surface area contributed by atoms with Gasteiger partial charge >= 0.3 is 0 Å². The maximum absolute atomic E-state index is 10.1. The molecule has 1 aliphatic heterocycles. The van der Waals surface area contributed by atoms with Crippen molar-refractivity contribution in [1.29, 1.82) is 0 Å². The molecule has 2 rings (SSSR count). The van der Waals surface area contributed by atoms with Crippen LogP contribution in [0.5, 0.6) is 0 Å². The van der Waals surface area contributed by atoms with E-state index in [2.05, 4.69) is 21.5 Å². The van der Waals surface area contributed by atoms with Gasteiger partial charge in [-0.05, 0) is 29.9 Å². The molecule has 0 aliphatic carbocycles. The van der Waals surface area contributed by atoms with Crippen LogP contribution in [0.25, 0.3) is 0 Å². The van der Waals surface area contributed by atoms with Gasteiger partial charge in [-0.1, -0.05) is 12.1 Å². The number of hydrogen-bond donors (Lipinski definition) is 4. The molecule has 0 saturated carbocycles. The fourth-order valence-electron chi connectivity index (χ4n) is 2.10. The van der Waals surface area contributed by atoms with Crippen LogP contribution in [0.4, 0.5) is 5.69 Å². The van der Waals surface area contributed by atoms with Gasteiger partial charge in [0.15, 0.2) is 0 Å². The largest absolute Gasteiger partial charge is 0.387 e. The minimum atomic E-state index is -0.597. The van der Waals surface area contributed by atoms with Crippen molar-refractivity contribution in [3.05, 3.63) is 29.8 Å². The Morgan fingerprint density at radius 1 is 1.35 bits per heavy atom. The molecule has 0 aromatic heterocycles. The maximum Gasteiger partial charge on any atom is 0.213 e. The van der Waals surface area contributed by atoms with Gasteiger partial charge in [-0.25, -0.2) is 5.43 Å². The molecule has 0 bridgehead atoms. The van der Waals surface area contributed by atoms with Crippen molar-refractivity contribution in [3.63, 3.8) is 0 Å². The van der Waals surface area contributed by atoms with Crippen molar-refractivity contribution < 1.29 is 15.7 Å². The van der Waals surface area contributed by atoms with E-state index < -0.39 is 6.10 Å². The second-order valence-corrected chi connectivity index (χ2v) is 5.00. The molecule has 20 heavy (non-hydrogen) atoms. The van der Waals surface area contributed by atoms with E-state index in [1.807, 2.05) is 24.3 Å². The Morgan fingerprint density at radius 3 is 2.60 bits per heavy atom. The number of benzene rings is 1. The van der Waals surface area contributed by atoms with E-state index in [1.165, 1.54) is 0 Å². The first-order valence-corrected chi connectivity index (χ1v) is 7.03. The van der Waals surface area contributed by atoms with Gasteiger partial charge in [-0.2, -0.15) is 0 Å². The number of morpholine rings is 1. The van der Waals surface area contributed by atoms with Crippen molar-refractivity contribution in [2.24, 2.45) is 0 Å². The van der Waals surface area contributed by atoms with Crippen molar-refractivity contribution in [2.75, 3.05) is 37.7 Å². The summed E-state index contributed by atoms with van der Waals surface area (Å²) in [5, 5.41) is 13.4. The molecule has 0 radical (unpaired) electrons. The molecule has 7 heteroatoms. The lowest BCUT2D eigenvalue weighted by atomic mass is 10.1. The number of anilines is 1. The lowest BCUT2D eigenvalue weighted by Gasteiger charge is -2.29. The molecule has 1 heterocycles. The molecular weight excluding hydrogens is 276 g/mol. The Labute approximate surface area is 123 Å². The number of aliphatic hydroxyl groups excluding tert-OH is 1. The molecule has 1 unspecified atom stereocenters. The number of nitrogens with one attached hydrogen (secondary N) is 2. The summed E-state index contributed by atoms with van der Waals surface area (Å²) in [4.78, 5) is 2.28. The molecule has 0 spiro atoms. The SMILES string of the molecule is [NH3+]NC(=S)NCC(O)c1ccc(N2CCOCC2)cc1. The number of hydrogen-bond acceptors (Lipinski definition) is 4. The van der Waals surface area contributed by atoms with Crippen molar-refractivity contribution >= 4 is 23.0 Å². The van der Waals surface area contributed by atoms with Crippen LogP contribution in [0, 0.1) is 0 Å². The standard InChI is InChI=1S/C13H20N4O2S/c14-16-13(20)15-9-12(18)10-1-3-11(4-2-10)17-5-7-19-8-6-17/h1-4,12,18H,5-9,14H2,(H2,15,16,20)/p+1. The molecule has 1 fully saturated rings. The summed E-state index contributed by atoms with van der Waals surface area (Å²) in [7, 11) is 0. The van der Waals surface area contributed by atoms with Gasteiger partial charge in [0.2, 0.25) is 5.11 Å². The summed E-state index contributed by atoms with van der Waals surface area (Å²) in [6.07, 6.45) is -0.597. The molecule has 0 amide bonds. The zero-order valence-electron chi connectivity index (χ0n) is 11.3. The number of aliphatic hydroxyl groups is 1. The number of quaternary nitrogens is 1. The number of nitrogens with zero attached hydrogens (tertiary/aromatic N) is 1. The third kappa shape index (κ3) is 4.04. The monoisotopic (exact) mass is 297 g/mol. The summed E-state index contributed by atoms with van der Waals surface area (Å²) >= 11 is 4.92. The highest BCUT2D eigenvalue weighted by atomic mass is 32.1. The summed E-state index contributed by atoms with van der Waals surface area (Å²) in [6.45, 7) is 3.71. The molecule has 6 N–H and O–H groups in total. The van der Waals surface area contributed by atoms with Crippen LogP contribution >= 0.6 is 12.2 Å². The summed E-state index contributed by atoms with van der Waals surface area (Å²) in [6, 6.07) is 7.94. The van der Waals surface area contributed by atoms with E-state index in [-0.39, 0.29) is 0 Å². The predicted molar refractivity (Wildman–Crippen MR) is 81.1 cm³/mol. The van der Waals surface area contributed by atoms with Crippen molar-refractivity contribution in [1.82, 2.24) is 10.7 Å². The van der Waals surface area contributed by atoms with Crippen LogP contribution in [0.15, 0.2) is 24.3 Å². The first-order valence-electron chi connectivity index (χ1n) is 6.62. The van der Waals surface area contributed by atoms with Gasteiger partial charge < -0.3 is 20.1 Å². The Balaban J connectivity index is 1.91. The third-order valence-electron chi connectivity index (χ3n) is 3.27. The molecular formula is C13H21N4O2S+. The third-order valence-corrected chi connectivity index (χ3v) is 3.56. The quantitative estimate of drug-likeness (QED) is 0.429. The van der Waals surface area contributed by atoms with E-state index in [0.717, 1.165) is 37.6 Å². The molecule has 1 aliphatic rings. The lowest BCUT2D eigenvalue weighted by molar-refractivity contribution is -0.419. The minimum absolute atomic E-state index is 0.359. The Morgan fingerprint density at radius 2 is 2.00 bits per heavy atom. The first kappa shape index (κ1) is 15.0. The molecule has 1 aromatic carbocycles. The zero-order chi connectivity index (χ0) is 14.4. The summed E-state index contributed by atoms with van der Waals surface area (Å²) < 4.78 is 5.33. The zero-order valence-corrected chi connectivity index (χ0v) is 12.2. The van der Waals surface area contributed by atoms with E-state index in [4.69, 9.17) is 17.0 Å². The fraction of sp³-hybridized carbons (Fsp3) is 0.462. The van der Waals surface area contributed by atoms with Crippen LogP contribution in [-0.4, -0.2) is 43.1 Å². The molecule has 1 aromatic rings. The normalized spacial score (nSPS) is 16.6. The fourth-order valence-corrected chi connectivity index (χ4v) is 2.18. The van der Waals surface area contributed by atoms with Crippen molar-refractivity contribution in [2.45, 2.75) is 6.10 Å². The highest BCUT2D eigenvalue weighted by Gasteiger charge is 2.12. The Kier molecular flexibility index (Phi) is 5.54. The first-order chi connectivity index (χ1) is 9.70. The van der Waals surface area contributed by atoms with E-state index in [0.29, 0.717) is 11.7 Å². The number of thiocarbonyl (C=S) groups is 1.